The lowest BCUT2D eigenvalue weighted by Gasteiger charge is -2.10. The summed E-state index contributed by atoms with van der Waals surface area (Å²) in [5.74, 6) is 1.96. The number of nitrogen functional groups attached to an aromatic ring is 3. The van der Waals surface area contributed by atoms with Crippen LogP contribution < -0.4 is 32.1 Å². The van der Waals surface area contributed by atoms with Gasteiger partial charge in [0.1, 0.15) is 28.7 Å². The Morgan fingerprint density at radius 1 is 0.557 bits per heavy atom. The molecule has 0 fully saturated rings. The van der Waals surface area contributed by atoms with Crippen LogP contribution in [0.1, 0.15) is 0 Å². The highest BCUT2D eigenvalue weighted by Gasteiger charge is 2.17. The fourth-order valence-corrected chi connectivity index (χ4v) is 6.78. The lowest BCUT2D eigenvalue weighted by molar-refractivity contribution is 0.403. The van der Waals surface area contributed by atoms with Crippen LogP contribution in [0.25, 0.3) is 33.2 Å². The first kappa shape index (κ1) is 49.5. The van der Waals surface area contributed by atoms with Crippen molar-refractivity contribution in [2.45, 2.75) is 0 Å². The van der Waals surface area contributed by atoms with E-state index in [1.807, 2.05) is 24.3 Å². The minimum atomic E-state index is -1.56. The molecule has 11 nitrogen and oxygen atoms in total. The molecule has 4 aromatic heterocycles. The van der Waals surface area contributed by atoms with Crippen molar-refractivity contribution < 1.29 is 23.9 Å². The van der Waals surface area contributed by atoms with Crippen molar-refractivity contribution >= 4 is 156 Å². The van der Waals surface area contributed by atoms with Crippen molar-refractivity contribution in [2.24, 2.45) is 0 Å². The molecule has 0 atom stereocenters. The van der Waals surface area contributed by atoms with Crippen LogP contribution in [0.15, 0.2) is 120 Å². The molecule has 0 saturated carbocycles. The number of ether oxygens (including phenoxy) is 2. The maximum absolute atomic E-state index is 8.88. The van der Waals surface area contributed by atoms with Crippen molar-refractivity contribution in [1.82, 2.24) is 15.0 Å². The van der Waals surface area contributed by atoms with Crippen LogP contribution in [0.3, 0.4) is 0 Å². The average Bonchev–Trinajstić information content (AvgIpc) is 3.59. The van der Waals surface area contributed by atoms with Crippen molar-refractivity contribution in [1.29, 1.82) is 0 Å². The Morgan fingerprint density at radius 3 is 1.69 bits per heavy atom. The van der Waals surface area contributed by atoms with E-state index >= 15 is 0 Å². The Kier molecular flexibility index (Phi) is 19.4. The topological polar surface area (TPSA) is 189 Å². The largest absolute Gasteiger partial charge is 0.497 e. The van der Waals surface area contributed by atoms with Crippen molar-refractivity contribution in [3.05, 3.63) is 154 Å². The third-order valence-corrected chi connectivity index (χ3v) is 10.3. The summed E-state index contributed by atoms with van der Waals surface area (Å²) in [7, 11) is 1.48. The molecule has 0 radical (unpaired) electrons. The van der Waals surface area contributed by atoms with Crippen LogP contribution in [-0.2, 0) is 0 Å². The van der Waals surface area contributed by atoms with E-state index < -0.39 is 7.12 Å². The molecule has 4 heterocycles. The highest BCUT2D eigenvalue weighted by atomic mass is 127. The summed E-state index contributed by atoms with van der Waals surface area (Å²) in [6.07, 6.45) is 4.57. The Labute approximate surface area is 399 Å². The third kappa shape index (κ3) is 15.0. The quantitative estimate of drug-likeness (QED) is 0.0641. The average molecular weight is 1080 g/mol. The molecule has 0 unspecified atom stereocenters. The number of benzene rings is 4. The lowest BCUT2D eigenvalue weighted by atomic mass is 9.79. The van der Waals surface area contributed by atoms with Gasteiger partial charge in [-0.25, -0.2) is 15.0 Å². The molecule has 0 saturated heterocycles. The molecule has 8 N–H and O–H groups in total. The first-order valence-electron chi connectivity index (χ1n) is 17.1. The van der Waals surface area contributed by atoms with Gasteiger partial charge in [0.05, 0.1) is 29.3 Å². The highest BCUT2D eigenvalue weighted by molar-refractivity contribution is 14.1. The van der Waals surface area contributed by atoms with Gasteiger partial charge in [-0.1, -0.05) is 81.2 Å². The SMILES string of the molecule is COc1ccc(Cl)cc1-c1cc(Cl)cnc1N.COc1ccc(Cl)cc1B(O)O.Clc1ccc2oc3ncc(Cl)cc3c2c1.Nc1ccc(Cl)cc1I.Nc1ccc(Cl)cn1. The number of aromatic nitrogens is 3. The second-order valence-electron chi connectivity index (χ2n) is 12.0. The van der Waals surface area contributed by atoms with Crippen LogP contribution in [0.2, 0.25) is 35.2 Å². The van der Waals surface area contributed by atoms with Gasteiger partial charge in [0.2, 0.25) is 5.71 Å². The van der Waals surface area contributed by atoms with Gasteiger partial charge in [-0.2, -0.15) is 0 Å². The lowest BCUT2D eigenvalue weighted by Crippen LogP contribution is -2.31. The number of hydrogen-bond donors (Lipinski definition) is 5. The number of fused-ring (bicyclic) bond motifs is 3. The first-order chi connectivity index (χ1) is 29.0. The number of rotatable bonds is 4. The van der Waals surface area contributed by atoms with E-state index in [0.717, 1.165) is 36.2 Å². The summed E-state index contributed by atoms with van der Waals surface area (Å²) < 4.78 is 16.7. The zero-order valence-corrected chi connectivity index (χ0v) is 39.2. The monoisotopic (exact) mass is 1070 g/mol. The van der Waals surface area contributed by atoms with Gasteiger partial charge >= 0.3 is 7.12 Å². The van der Waals surface area contributed by atoms with Crippen molar-refractivity contribution in [3.8, 4) is 22.6 Å². The fraction of sp³-hybridized carbons (Fsp3) is 0.0488. The van der Waals surface area contributed by atoms with Gasteiger partial charge in [-0.15, -0.1) is 0 Å². The number of methoxy groups -OCH3 is 2. The number of halogens is 8. The van der Waals surface area contributed by atoms with Crippen LogP contribution in [-0.4, -0.2) is 46.3 Å². The minimum Gasteiger partial charge on any atom is -0.497 e. The predicted molar refractivity (Wildman–Crippen MR) is 262 cm³/mol. The third-order valence-electron chi connectivity index (χ3n) is 7.78. The normalized spacial score (nSPS) is 10.2. The molecule has 0 aliphatic rings. The second-order valence-corrected chi connectivity index (χ2v) is 16.2. The minimum absolute atomic E-state index is 0.269. The molecule has 61 heavy (non-hydrogen) atoms. The zero-order chi connectivity index (χ0) is 44.8. The van der Waals surface area contributed by atoms with E-state index in [0.29, 0.717) is 64.5 Å². The number of hydrogen-bond acceptors (Lipinski definition) is 11. The van der Waals surface area contributed by atoms with Crippen molar-refractivity contribution in [2.75, 3.05) is 31.4 Å². The number of nitrogens with two attached hydrogens (primary N) is 3. The number of pyridine rings is 3. The summed E-state index contributed by atoms with van der Waals surface area (Å²) in [6.45, 7) is 0. The Bertz CT molecular complexity index is 2640. The van der Waals surface area contributed by atoms with E-state index in [-0.39, 0.29) is 5.46 Å². The fourth-order valence-electron chi connectivity index (χ4n) is 4.96. The molecule has 20 heteroatoms. The van der Waals surface area contributed by atoms with Crippen LogP contribution in [0.4, 0.5) is 17.3 Å². The summed E-state index contributed by atoms with van der Waals surface area (Å²) in [6, 6.07) is 27.7. The van der Waals surface area contributed by atoms with E-state index in [1.54, 1.807) is 80.0 Å². The molecule has 4 aromatic carbocycles. The predicted octanol–water partition coefficient (Wildman–Crippen LogP) is 11.8. The molecule has 316 valence electrons. The summed E-state index contributed by atoms with van der Waals surface area (Å²) >= 11 is 42.6. The molecule has 0 aliphatic carbocycles. The number of anilines is 3. The molecule has 8 rings (SSSR count). The van der Waals surface area contributed by atoms with Gasteiger partial charge in [0.15, 0.2) is 0 Å². The molecule has 0 aliphatic heterocycles. The maximum Gasteiger partial charge on any atom is 0.492 e. The smallest absolute Gasteiger partial charge is 0.492 e. The highest BCUT2D eigenvalue weighted by Crippen LogP contribution is 2.36. The Morgan fingerprint density at radius 2 is 1.08 bits per heavy atom. The van der Waals surface area contributed by atoms with Gasteiger partial charge in [-0.05, 0) is 120 Å². The van der Waals surface area contributed by atoms with E-state index in [1.165, 1.54) is 25.6 Å². The summed E-state index contributed by atoms with van der Waals surface area (Å²) in [4.78, 5) is 11.8. The van der Waals surface area contributed by atoms with Crippen LogP contribution in [0, 0.1) is 3.57 Å². The molecule has 8 aromatic rings. The van der Waals surface area contributed by atoms with Gasteiger partial charge < -0.3 is 41.1 Å². The standard InChI is InChI=1S/C12H10Cl2N2O.C11H5Cl2NO.C7H8BClO3.C6H5ClIN.C5H5ClN2/c1-17-11-3-2-7(13)4-9(11)10-5-8(14)6-16-12(10)15;12-6-1-2-10-8(3-6)9-4-7(13)5-14-11(9)15-10;1-12-7-3-2-5(9)4-6(7)8(10)11;7-4-1-2-6(9)5(8)3-4;6-4-1-2-5(7)8-3-4/h2-6H,1H3,(H2,15,16);1-5H;2-4,10-11H,1H3;1-3H,9H2;1-3H,(H2,7,8). The zero-order valence-electron chi connectivity index (χ0n) is 31.8. The van der Waals surface area contributed by atoms with Gasteiger partial charge in [-0.3, -0.25) is 0 Å². The molecular formula is C41H33BCl7IN6O5. The number of furan rings is 1. The van der Waals surface area contributed by atoms with Crippen LogP contribution in [0.5, 0.6) is 11.5 Å². The van der Waals surface area contributed by atoms with E-state index in [9.17, 15) is 0 Å². The number of nitrogens with zero attached hydrogens (tertiary/aromatic N) is 3. The first-order valence-corrected chi connectivity index (χ1v) is 20.9. The summed E-state index contributed by atoms with van der Waals surface area (Å²) in [5.41, 5.74) is 20.5. The molecule has 0 amide bonds. The second kappa shape index (κ2) is 23.9. The Hall–Kier alpha value is -4.13. The van der Waals surface area contributed by atoms with Crippen LogP contribution >= 0.6 is 104 Å². The molecule has 0 spiro atoms. The van der Waals surface area contributed by atoms with E-state index in [2.05, 4.69) is 37.5 Å². The van der Waals surface area contributed by atoms with Gasteiger partial charge in [0.25, 0.3) is 0 Å². The summed E-state index contributed by atoms with van der Waals surface area (Å²) in [5, 5.41) is 23.7. The Balaban J connectivity index is 0.000000172. The molecular weight excluding hydrogens is 1040 g/mol. The maximum atomic E-state index is 8.88. The van der Waals surface area contributed by atoms with E-state index in [4.69, 9.17) is 122 Å². The molecule has 0 bridgehead atoms. The van der Waals surface area contributed by atoms with Crippen molar-refractivity contribution in [3.63, 3.8) is 0 Å². The van der Waals surface area contributed by atoms with Gasteiger partial charge in [0, 0.05) is 75.3 Å².